The Balaban J connectivity index is 2.30. The Morgan fingerprint density at radius 1 is 1.36 bits per heavy atom. The minimum absolute atomic E-state index is 0.0314. The van der Waals surface area contributed by atoms with Crippen LogP contribution in [0.5, 0.6) is 11.5 Å². The molecule has 5 nitrogen and oxygen atoms in total. The number of aromatic hydroxyl groups is 1. The summed E-state index contributed by atoms with van der Waals surface area (Å²) in [6.45, 7) is 2.17. The molecule has 0 unspecified atom stereocenters. The third-order valence-electron chi connectivity index (χ3n) is 3.11. The van der Waals surface area contributed by atoms with Crippen molar-refractivity contribution in [3.8, 4) is 17.6 Å². The molecule has 25 heavy (non-hydrogen) atoms. The standard InChI is InChI=1S/C18H14Br2N2O3/c1-2-25-16-8-11(7-15(20)17(16)23)6-12(10-21)18(24)22-14-5-3-4-13(19)9-14/h3-9,23H,2H2,1H3,(H,22,24)/b12-6-. The third-order valence-corrected chi connectivity index (χ3v) is 4.21. The van der Waals surface area contributed by atoms with Crippen LogP contribution in [0.15, 0.2) is 50.9 Å². The van der Waals surface area contributed by atoms with E-state index < -0.39 is 5.91 Å². The topological polar surface area (TPSA) is 82.3 Å². The minimum atomic E-state index is -0.525. The summed E-state index contributed by atoms with van der Waals surface area (Å²) in [7, 11) is 0. The molecular formula is C18H14Br2N2O3. The Bertz CT molecular complexity index is 873. The zero-order valence-corrected chi connectivity index (χ0v) is 16.4. The highest BCUT2D eigenvalue weighted by atomic mass is 79.9. The largest absolute Gasteiger partial charge is 0.503 e. The maximum absolute atomic E-state index is 12.3. The number of benzene rings is 2. The Labute approximate surface area is 162 Å². The van der Waals surface area contributed by atoms with Crippen molar-refractivity contribution in [1.82, 2.24) is 0 Å². The number of phenolic OH excluding ortho intramolecular Hbond substituents is 1. The fraction of sp³-hybridized carbons (Fsp3) is 0.111. The number of hydrogen-bond acceptors (Lipinski definition) is 4. The van der Waals surface area contributed by atoms with Crippen LogP contribution in [0.4, 0.5) is 5.69 Å². The van der Waals surface area contributed by atoms with E-state index in [1.807, 2.05) is 12.1 Å². The van der Waals surface area contributed by atoms with Crippen molar-refractivity contribution >= 4 is 49.5 Å². The van der Waals surface area contributed by atoms with E-state index in [0.717, 1.165) is 4.47 Å². The summed E-state index contributed by atoms with van der Waals surface area (Å²) in [6, 6.07) is 12.1. The molecule has 0 aliphatic carbocycles. The SMILES string of the molecule is CCOc1cc(/C=C(/C#N)C(=O)Nc2cccc(Br)c2)cc(Br)c1O. The second-order valence-corrected chi connectivity index (χ2v) is 6.69. The summed E-state index contributed by atoms with van der Waals surface area (Å²) < 4.78 is 6.57. The fourth-order valence-electron chi connectivity index (χ4n) is 2.02. The zero-order chi connectivity index (χ0) is 18.4. The van der Waals surface area contributed by atoms with Crippen LogP contribution >= 0.6 is 31.9 Å². The van der Waals surface area contributed by atoms with Gasteiger partial charge in [0, 0.05) is 10.2 Å². The van der Waals surface area contributed by atoms with Gasteiger partial charge in [-0.3, -0.25) is 4.79 Å². The molecule has 0 atom stereocenters. The Morgan fingerprint density at radius 2 is 2.12 bits per heavy atom. The fourth-order valence-corrected chi connectivity index (χ4v) is 2.88. The van der Waals surface area contributed by atoms with Crippen LogP contribution in [0, 0.1) is 11.3 Å². The quantitative estimate of drug-likeness (QED) is 0.487. The summed E-state index contributed by atoms with van der Waals surface area (Å²) in [4.78, 5) is 12.3. The van der Waals surface area contributed by atoms with Crippen molar-refractivity contribution in [2.24, 2.45) is 0 Å². The molecule has 0 fully saturated rings. The van der Waals surface area contributed by atoms with Gasteiger partial charge in [0.25, 0.3) is 5.91 Å². The predicted octanol–water partition coefficient (Wildman–Crippen LogP) is 4.86. The Hall–Kier alpha value is -2.30. The number of carbonyl (C=O) groups is 1. The Kier molecular flexibility index (Phi) is 6.62. The van der Waals surface area contributed by atoms with Crippen molar-refractivity contribution in [3.05, 3.63) is 56.5 Å². The van der Waals surface area contributed by atoms with Crippen molar-refractivity contribution in [2.45, 2.75) is 6.92 Å². The van der Waals surface area contributed by atoms with Gasteiger partial charge in [0.05, 0.1) is 11.1 Å². The Morgan fingerprint density at radius 3 is 2.76 bits per heavy atom. The van der Waals surface area contributed by atoms with Gasteiger partial charge in [0.2, 0.25) is 0 Å². The summed E-state index contributed by atoms with van der Waals surface area (Å²) in [5.74, 6) is -0.285. The number of anilines is 1. The van der Waals surface area contributed by atoms with Gasteiger partial charge in [-0.25, -0.2) is 0 Å². The molecule has 0 aromatic heterocycles. The van der Waals surface area contributed by atoms with Gasteiger partial charge < -0.3 is 15.2 Å². The monoisotopic (exact) mass is 464 g/mol. The molecule has 7 heteroatoms. The maximum atomic E-state index is 12.3. The van der Waals surface area contributed by atoms with E-state index in [4.69, 9.17) is 4.74 Å². The van der Waals surface area contributed by atoms with Crippen molar-refractivity contribution in [2.75, 3.05) is 11.9 Å². The zero-order valence-electron chi connectivity index (χ0n) is 13.2. The van der Waals surface area contributed by atoms with E-state index in [1.54, 1.807) is 37.3 Å². The van der Waals surface area contributed by atoms with Crippen molar-refractivity contribution < 1.29 is 14.6 Å². The van der Waals surface area contributed by atoms with Gasteiger partial charge in [-0.05, 0) is 64.8 Å². The van der Waals surface area contributed by atoms with E-state index in [2.05, 4.69) is 37.2 Å². The summed E-state index contributed by atoms with van der Waals surface area (Å²) in [6.07, 6.45) is 1.43. The first-order valence-electron chi connectivity index (χ1n) is 7.28. The smallest absolute Gasteiger partial charge is 0.266 e. The van der Waals surface area contributed by atoms with Crippen LogP contribution in [0.3, 0.4) is 0 Å². The summed E-state index contributed by atoms with van der Waals surface area (Å²) in [5, 5.41) is 21.9. The predicted molar refractivity (Wildman–Crippen MR) is 103 cm³/mol. The highest BCUT2D eigenvalue weighted by Gasteiger charge is 2.13. The first-order valence-corrected chi connectivity index (χ1v) is 8.87. The highest BCUT2D eigenvalue weighted by Crippen LogP contribution is 2.36. The van der Waals surface area contributed by atoms with E-state index in [1.165, 1.54) is 6.08 Å². The third kappa shape index (κ3) is 5.08. The molecule has 2 aromatic carbocycles. The summed E-state index contributed by atoms with van der Waals surface area (Å²) >= 11 is 6.55. The molecule has 2 N–H and O–H groups in total. The molecule has 0 radical (unpaired) electrons. The molecule has 0 heterocycles. The highest BCUT2D eigenvalue weighted by molar-refractivity contribution is 9.10. The number of ether oxygens (including phenoxy) is 1. The van der Waals surface area contributed by atoms with Crippen molar-refractivity contribution in [1.29, 1.82) is 5.26 Å². The first-order chi connectivity index (χ1) is 11.9. The number of nitrogens with zero attached hydrogens (tertiary/aromatic N) is 1. The second kappa shape index (κ2) is 8.70. The molecule has 1 amide bonds. The van der Waals surface area contributed by atoms with Crippen molar-refractivity contribution in [3.63, 3.8) is 0 Å². The van der Waals surface area contributed by atoms with Crippen LogP contribution in [0.2, 0.25) is 0 Å². The van der Waals surface area contributed by atoms with Crippen LogP contribution in [-0.2, 0) is 4.79 Å². The normalized spacial score (nSPS) is 10.9. The van der Waals surface area contributed by atoms with Gasteiger partial charge >= 0.3 is 0 Å². The first kappa shape index (κ1) is 19.0. The number of nitrogens with one attached hydrogen (secondary N) is 1. The second-order valence-electron chi connectivity index (χ2n) is 4.92. The number of amides is 1. The molecule has 2 rings (SSSR count). The van der Waals surface area contributed by atoms with Gasteiger partial charge in [-0.1, -0.05) is 22.0 Å². The van der Waals surface area contributed by atoms with Gasteiger partial charge in [-0.15, -0.1) is 0 Å². The lowest BCUT2D eigenvalue weighted by Crippen LogP contribution is -2.13. The number of nitriles is 1. The number of phenols is 1. The molecule has 0 spiro atoms. The molecule has 0 aliphatic heterocycles. The van der Waals surface area contributed by atoms with Crippen LogP contribution in [0.1, 0.15) is 12.5 Å². The number of carbonyl (C=O) groups excluding carboxylic acids is 1. The van der Waals surface area contributed by atoms with E-state index >= 15 is 0 Å². The van der Waals surface area contributed by atoms with Gasteiger partial charge in [0.1, 0.15) is 11.6 Å². The molecule has 0 saturated carbocycles. The molecule has 128 valence electrons. The molecule has 0 bridgehead atoms. The average Bonchev–Trinajstić information content (AvgIpc) is 2.57. The number of hydrogen-bond donors (Lipinski definition) is 2. The molecule has 0 saturated heterocycles. The van der Waals surface area contributed by atoms with E-state index in [9.17, 15) is 15.2 Å². The minimum Gasteiger partial charge on any atom is -0.503 e. The van der Waals surface area contributed by atoms with Crippen LogP contribution in [-0.4, -0.2) is 17.6 Å². The lowest BCUT2D eigenvalue weighted by Gasteiger charge is -2.09. The lowest BCUT2D eigenvalue weighted by atomic mass is 10.1. The number of halogens is 2. The van der Waals surface area contributed by atoms with E-state index in [0.29, 0.717) is 22.3 Å². The number of rotatable bonds is 5. The van der Waals surface area contributed by atoms with Crippen LogP contribution in [0.25, 0.3) is 6.08 Å². The average molecular weight is 466 g/mol. The van der Waals surface area contributed by atoms with Gasteiger partial charge in [-0.2, -0.15) is 5.26 Å². The maximum Gasteiger partial charge on any atom is 0.266 e. The molecule has 2 aromatic rings. The van der Waals surface area contributed by atoms with Crippen LogP contribution < -0.4 is 10.1 Å². The lowest BCUT2D eigenvalue weighted by molar-refractivity contribution is -0.112. The molecular weight excluding hydrogens is 452 g/mol. The van der Waals surface area contributed by atoms with Gasteiger partial charge in [0.15, 0.2) is 11.5 Å². The molecule has 0 aliphatic rings. The summed E-state index contributed by atoms with van der Waals surface area (Å²) in [5.41, 5.74) is 1.05. The van der Waals surface area contributed by atoms with E-state index in [-0.39, 0.29) is 17.1 Å².